The number of aryl methyl sites for hydroxylation is 2. The van der Waals surface area contributed by atoms with Crippen LogP contribution in [-0.2, 0) is 27.3 Å². The Kier molecular flexibility index (Phi) is 9.29. The number of nitrogens with two attached hydrogens (primary N) is 1. The molecule has 2 heterocycles. The molecule has 0 aliphatic heterocycles. The molecule has 0 saturated carbocycles. The Morgan fingerprint density at radius 3 is 2.45 bits per heavy atom. The Morgan fingerprint density at radius 2 is 1.77 bits per heavy atom. The largest absolute Gasteiger partial charge is 0.492 e. The number of esters is 1. The highest BCUT2D eigenvalue weighted by molar-refractivity contribution is 5.78. The van der Waals surface area contributed by atoms with Crippen LogP contribution in [0.2, 0.25) is 0 Å². The second kappa shape index (κ2) is 13.0. The van der Waals surface area contributed by atoms with Crippen LogP contribution in [0.1, 0.15) is 43.1 Å². The number of hydrogen-bond donors (Lipinski definition) is 2. The Balaban J connectivity index is 1.43. The molecule has 9 nitrogen and oxygen atoms in total. The predicted molar refractivity (Wildman–Crippen MR) is 152 cm³/mol. The predicted octanol–water partition coefficient (Wildman–Crippen LogP) is 4.97. The molecule has 3 N–H and O–H groups in total. The molecule has 0 radical (unpaired) electrons. The second-order valence-corrected chi connectivity index (χ2v) is 9.78. The maximum absolute atomic E-state index is 12.5. The minimum absolute atomic E-state index is 0.0771. The molecule has 0 bridgehead atoms. The van der Waals surface area contributed by atoms with Gasteiger partial charge < -0.3 is 20.3 Å². The van der Waals surface area contributed by atoms with Gasteiger partial charge in [-0.05, 0) is 73.7 Å². The third-order valence-electron chi connectivity index (χ3n) is 6.39. The SMILES string of the molecule is Cc1cc(-c2ccc(-c3cccnc3)cc2)nn1CCOc1ccc(CCC(=O)O)c(C(N)C(=O)OC(C)C)c1. The van der Waals surface area contributed by atoms with Gasteiger partial charge in [-0.2, -0.15) is 5.10 Å². The molecule has 1 unspecified atom stereocenters. The molecule has 0 spiro atoms. The molecule has 9 heteroatoms. The van der Waals surface area contributed by atoms with Crippen LogP contribution in [0.15, 0.2) is 73.1 Å². The van der Waals surface area contributed by atoms with Gasteiger partial charge in [0.1, 0.15) is 18.4 Å². The number of pyridine rings is 1. The highest BCUT2D eigenvalue weighted by Crippen LogP contribution is 2.26. The van der Waals surface area contributed by atoms with Crippen molar-refractivity contribution in [3.8, 4) is 28.1 Å². The van der Waals surface area contributed by atoms with Crippen molar-refractivity contribution in [1.82, 2.24) is 14.8 Å². The maximum atomic E-state index is 12.5. The van der Waals surface area contributed by atoms with E-state index in [2.05, 4.69) is 17.1 Å². The summed E-state index contributed by atoms with van der Waals surface area (Å²) in [5.74, 6) is -0.974. The minimum atomic E-state index is -1.05. The standard InChI is InChI=1S/C31H34N4O5/c1-20(2)40-31(38)30(32)27-18-26(12-10-23(27)11-13-29(36)37)39-16-15-35-21(3)17-28(34-35)24-8-6-22(7-9-24)25-5-4-14-33-19-25/h4-10,12,14,17-20,30H,11,13,15-16,32H2,1-3H3,(H,36,37). The zero-order chi connectivity index (χ0) is 28.6. The van der Waals surface area contributed by atoms with Gasteiger partial charge in [0.25, 0.3) is 0 Å². The first kappa shape index (κ1) is 28.5. The number of nitrogens with zero attached hydrogens (tertiary/aromatic N) is 3. The molecule has 0 fully saturated rings. The molecular formula is C31H34N4O5. The summed E-state index contributed by atoms with van der Waals surface area (Å²) in [6.45, 7) is 6.33. The molecule has 208 valence electrons. The van der Waals surface area contributed by atoms with E-state index < -0.39 is 18.0 Å². The zero-order valence-corrected chi connectivity index (χ0v) is 22.9. The topological polar surface area (TPSA) is 130 Å². The number of carboxylic acid groups (broad SMARTS) is 1. The zero-order valence-electron chi connectivity index (χ0n) is 22.9. The van der Waals surface area contributed by atoms with Gasteiger partial charge in [-0.1, -0.05) is 36.4 Å². The summed E-state index contributed by atoms with van der Waals surface area (Å²) in [5.41, 5.74) is 12.4. The van der Waals surface area contributed by atoms with Crippen LogP contribution in [0.25, 0.3) is 22.4 Å². The van der Waals surface area contributed by atoms with Crippen molar-refractivity contribution < 1.29 is 24.2 Å². The molecule has 2 aromatic heterocycles. The quantitative estimate of drug-likeness (QED) is 0.240. The lowest BCUT2D eigenvalue weighted by Gasteiger charge is -2.18. The number of aliphatic carboxylic acids is 1. The first-order chi connectivity index (χ1) is 19.2. The van der Waals surface area contributed by atoms with Gasteiger partial charge in [0.2, 0.25) is 0 Å². The number of aromatic nitrogens is 3. The van der Waals surface area contributed by atoms with E-state index in [4.69, 9.17) is 25.4 Å². The summed E-state index contributed by atoms with van der Waals surface area (Å²) < 4.78 is 13.1. The van der Waals surface area contributed by atoms with Gasteiger partial charge in [-0.3, -0.25) is 14.5 Å². The van der Waals surface area contributed by atoms with Crippen molar-refractivity contribution in [2.75, 3.05) is 6.61 Å². The van der Waals surface area contributed by atoms with E-state index in [1.807, 2.05) is 48.1 Å². The smallest absolute Gasteiger partial charge is 0.327 e. The van der Waals surface area contributed by atoms with Crippen molar-refractivity contribution in [2.24, 2.45) is 5.73 Å². The monoisotopic (exact) mass is 542 g/mol. The first-order valence-electron chi connectivity index (χ1n) is 13.2. The lowest BCUT2D eigenvalue weighted by atomic mass is 9.97. The molecule has 1 atom stereocenters. The molecule has 0 aliphatic carbocycles. The molecule has 0 aliphatic rings. The molecular weight excluding hydrogens is 508 g/mol. The van der Waals surface area contributed by atoms with Gasteiger partial charge in [-0.15, -0.1) is 0 Å². The molecule has 4 rings (SSSR count). The van der Waals surface area contributed by atoms with Crippen LogP contribution in [0.5, 0.6) is 5.75 Å². The fraction of sp³-hybridized carbons (Fsp3) is 0.290. The average molecular weight is 543 g/mol. The number of carbonyl (C=O) groups is 2. The van der Waals surface area contributed by atoms with Crippen molar-refractivity contribution >= 4 is 11.9 Å². The summed E-state index contributed by atoms with van der Waals surface area (Å²) in [7, 11) is 0. The summed E-state index contributed by atoms with van der Waals surface area (Å²) in [6.07, 6.45) is 3.44. The number of hydrogen-bond acceptors (Lipinski definition) is 7. The van der Waals surface area contributed by atoms with Crippen molar-refractivity contribution in [2.45, 2.75) is 52.3 Å². The van der Waals surface area contributed by atoms with Gasteiger partial charge in [0.05, 0.1) is 18.3 Å². The van der Waals surface area contributed by atoms with E-state index in [-0.39, 0.29) is 18.9 Å². The molecule has 4 aromatic rings. The Labute approximate surface area is 233 Å². The van der Waals surface area contributed by atoms with Crippen LogP contribution in [0, 0.1) is 6.92 Å². The molecule has 2 aromatic carbocycles. The normalized spacial score (nSPS) is 11.8. The van der Waals surface area contributed by atoms with Crippen LogP contribution >= 0.6 is 0 Å². The van der Waals surface area contributed by atoms with E-state index >= 15 is 0 Å². The van der Waals surface area contributed by atoms with E-state index in [0.717, 1.165) is 28.1 Å². The summed E-state index contributed by atoms with van der Waals surface area (Å²) in [6, 6.07) is 18.3. The maximum Gasteiger partial charge on any atom is 0.327 e. The summed E-state index contributed by atoms with van der Waals surface area (Å²) in [4.78, 5) is 27.8. The van der Waals surface area contributed by atoms with E-state index in [0.29, 0.717) is 30.0 Å². The van der Waals surface area contributed by atoms with Crippen molar-refractivity contribution in [1.29, 1.82) is 0 Å². The second-order valence-electron chi connectivity index (χ2n) is 9.78. The Bertz CT molecular complexity index is 1450. The molecule has 0 saturated heterocycles. The Morgan fingerprint density at radius 1 is 1.02 bits per heavy atom. The molecule has 40 heavy (non-hydrogen) atoms. The van der Waals surface area contributed by atoms with Gasteiger partial charge >= 0.3 is 11.9 Å². The third kappa shape index (κ3) is 7.33. The molecule has 0 amide bonds. The van der Waals surface area contributed by atoms with Gasteiger partial charge in [-0.25, -0.2) is 4.79 Å². The summed E-state index contributed by atoms with van der Waals surface area (Å²) in [5, 5.41) is 13.9. The van der Waals surface area contributed by atoms with Crippen LogP contribution in [0.3, 0.4) is 0 Å². The Hall–Kier alpha value is -4.50. The highest BCUT2D eigenvalue weighted by Gasteiger charge is 2.22. The first-order valence-corrected chi connectivity index (χ1v) is 13.2. The van der Waals surface area contributed by atoms with Crippen molar-refractivity contribution in [3.63, 3.8) is 0 Å². The summed E-state index contributed by atoms with van der Waals surface area (Å²) >= 11 is 0. The van der Waals surface area contributed by atoms with E-state index in [1.165, 1.54) is 0 Å². The lowest BCUT2D eigenvalue weighted by molar-refractivity contribution is -0.149. The van der Waals surface area contributed by atoms with E-state index in [9.17, 15) is 9.59 Å². The number of rotatable bonds is 12. The average Bonchev–Trinajstić information content (AvgIpc) is 3.32. The van der Waals surface area contributed by atoms with Gasteiger partial charge in [0.15, 0.2) is 0 Å². The van der Waals surface area contributed by atoms with Crippen molar-refractivity contribution in [3.05, 3.63) is 89.9 Å². The highest BCUT2D eigenvalue weighted by atomic mass is 16.5. The van der Waals surface area contributed by atoms with Crippen LogP contribution < -0.4 is 10.5 Å². The number of ether oxygens (including phenoxy) is 2. The number of carbonyl (C=O) groups excluding carboxylic acids is 1. The van der Waals surface area contributed by atoms with Gasteiger partial charge in [0, 0.05) is 30.1 Å². The van der Waals surface area contributed by atoms with E-state index in [1.54, 1.807) is 38.2 Å². The number of carboxylic acids is 1. The van der Waals surface area contributed by atoms with Crippen LogP contribution in [-0.4, -0.2) is 44.5 Å². The van der Waals surface area contributed by atoms with Crippen LogP contribution in [0.4, 0.5) is 0 Å². The fourth-order valence-corrected chi connectivity index (χ4v) is 4.35. The number of benzene rings is 2. The lowest BCUT2D eigenvalue weighted by Crippen LogP contribution is -2.27. The minimum Gasteiger partial charge on any atom is -0.492 e. The third-order valence-corrected chi connectivity index (χ3v) is 6.39. The fourth-order valence-electron chi connectivity index (χ4n) is 4.35.